The Morgan fingerprint density at radius 2 is 1.68 bits per heavy atom. The first-order valence-corrected chi connectivity index (χ1v) is 10.8. The van der Waals surface area contributed by atoms with Crippen molar-refractivity contribution in [3.63, 3.8) is 0 Å². The van der Waals surface area contributed by atoms with Gasteiger partial charge in [-0.3, -0.25) is 9.10 Å². The molecule has 0 aliphatic heterocycles. The summed E-state index contributed by atoms with van der Waals surface area (Å²) < 4.78 is 30.2. The summed E-state index contributed by atoms with van der Waals surface area (Å²) in [5, 5.41) is 2.64. The summed E-state index contributed by atoms with van der Waals surface area (Å²) in [5.74, 6) is -0.911. The molecule has 2 aromatic carbocycles. The number of anilines is 2. The predicted octanol–water partition coefficient (Wildman–Crippen LogP) is 3.05. The lowest BCUT2D eigenvalue weighted by Gasteiger charge is -2.21. The first kappa shape index (κ1) is 21.4. The van der Waals surface area contributed by atoms with Gasteiger partial charge in [-0.15, -0.1) is 0 Å². The fraction of sp³-hybridized carbons (Fsp3) is 0.300. The lowest BCUT2D eigenvalue weighted by Crippen LogP contribution is -2.37. The molecule has 0 saturated heterocycles. The average Bonchev–Trinajstić information content (AvgIpc) is 2.66. The topological polar surface area (TPSA) is 92.8 Å². The molecule has 0 radical (unpaired) electrons. The molecule has 2 rings (SSSR count). The number of para-hydroxylation sites is 1. The van der Waals surface area contributed by atoms with Crippen LogP contribution in [0.2, 0.25) is 0 Å². The van der Waals surface area contributed by atoms with Crippen LogP contribution in [-0.2, 0) is 19.6 Å². The average molecular weight is 404 g/mol. The summed E-state index contributed by atoms with van der Waals surface area (Å²) >= 11 is 0. The first-order valence-electron chi connectivity index (χ1n) is 8.91. The van der Waals surface area contributed by atoms with Crippen LogP contribution in [-0.4, -0.2) is 39.7 Å². The van der Waals surface area contributed by atoms with Crippen molar-refractivity contribution in [2.75, 3.05) is 29.0 Å². The van der Waals surface area contributed by atoms with Gasteiger partial charge in [0.25, 0.3) is 0 Å². The molecule has 0 atom stereocenters. The number of unbranched alkanes of at least 4 members (excludes halogenated alkanes) is 1. The third-order valence-electron chi connectivity index (χ3n) is 3.87. The number of hydrogen-bond acceptors (Lipinski definition) is 5. The van der Waals surface area contributed by atoms with E-state index in [-0.39, 0.29) is 6.54 Å². The van der Waals surface area contributed by atoms with Crippen molar-refractivity contribution in [3.05, 3.63) is 60.2 Å². The zero-order valence-electron chi connectivity index (χ0n) is 15.9. The molecule has 1 N–H and O–H groups in total. The van der Waals surface area contributed by atoms with Crippen LogP contribution < -0.4 is 9.62 Å². The molecule has 0 aliphatic carbocycles. The fourth-order valence-corrected chi connectivity index (χ4v) is 3.26. The number of amides is 1. The van der Waals surface area contributed by atoms with Crippen molar-refractivity contribution in [1.82, 2.24) is 0 Å². The van der Waals surface area contributed by atoms with Crippen LogP contribution in [0.15, 0.2) is 54.6 Å². The number of hydrogen-bond donors (Lipinski definition) is 1. The molecule has 0 spiro atoms. The van der Waals surface area contributed by atoms with Gasteiger partial charge in [0.2, 0.25) is 15.9 Å². The van der Waals surface area contributed by atoms with Crippen LogP contribution in [0, 0.1) is 0 Å². The third-order valence-corrected chi connectivity index (χ3v) is 5.01. The zero-order valence-corrected chi connectivity index (χ0v) is 16.7. The molecule has 0 bridgehead atoms. The number of nitrogens with one attached hydrogen (secondary N) is 1. The molecular formula is C20H24N2O5S. The monoisotopic (exact) mass is 404 g/mol. The molecule has 0 heterocycles. The minimum absolute atomic E-state index is 0.357. The van der Waals surface area contributed by atoms with Crippen LogP contribution >= 0.6 is 0 Å². The van der Waals surface area contributed by atoms with Gasteiger partial charge in [0.05, 0.1) is 24.1 Å². The second kappa shape index (κ2) is 9.89. The zero-order chi connectivity index (χ0) is 20.6. The summed E-state index contributed by atoms with van der Waals surface area (Å²) in [6.07, 6.45) is 2.79. The predicted molar refractivity (Wildman–Crippen MR) is 109 cm³/mol. The molecule has 150 valence electrons. The van der Waals surface area contributed by atoms with Gasteiger partial charge in [-0.05, 0) is 42.8 Å². The van der Waals surface area contributed by atoms with Gasteiger partial charge in [0.15, 0.2) is 0 Å². The van der Waals surface area contributed by atoms with Crippen molar-refractivity contribution < 1.29 is 22.7 Å². The molecule has 0 saturated carbocycles. The summed E-state index contributed by atoms with van der Waals surface area (Å²) in [6, 6.07) is 14.6. The molecule has 7 nitrogen and oxygen atoms in total. The van der Waals surface area contributed by atoms with E-state index in [1.54, 1.807) is 54.6 Å². The van der Waals surface area contributed by atoms with Crippen LogP contribution in [0.3, 0.4) is 0 Å². The van der Waals surface area contributed by atoms with Crippen molar-refractivity contribution in [1.29, 1.82) is 0 Å². The van der Waals surface area contributed by atoms with E-state index in [0.29, 0.717) is 23.5 Å². The Labute approximate surface area is 165 Å². The molecule has 0 fully saturated rings. The molecular weight excluding hydrogens is 380 g/mol. The minimum atomic E-state index is -3.62. The van der Waals surface area contributed by atoms with Crippen molar-refractivity contribution in [2.24, 2.45) is 0 Å². The van der Waals surface area contributed by atoms with Gasteiger partial charge in [0.1, 0.15) is 6.54 Å². The van der Waals surface area contributed by atoms with E-state index in [4.69, 9.17) is 4.74 Å². The van der Waals surface area contributed by atoms with E-state index >= 15 is 0 Å². The third kappa shape index (κ3) is 6.38. The highest BCUT2D eigenvalue weighted by Crippen LogP contribution is 2.17. The number of ether oxygens (including phenoxy) is 1. The Morgan fingerprint density at radius 1 is 1.04 bits per heavy atom. The van der Waals surface area contributed by atoms with Crippen molar-refractivity contribution >= 4 is 33.3 Å². The molecule has 1 amide bonds. The number of esters is 1. The van der Waals surface area contributed by atoms with Crippen LogP contribution in [0.4, 0.5) is 11.4 Å². The summed E-state index contributed by atoms with van der Waals surface area (Å²) in [6.45, 7) is 2.02. The Balaban J connectivity index is 2.01. The molecule has 28 heavy (non-hydrogen) atoms. The highest BCUT2D eigenvalue weighted by Gasteiger charge is 2.20. The van der Waals surface area contributed by atoms with Gasteiger partial charge in [-0.1, -0.05) is 31.5 Å². The quantitative estimate of drug-likeness (QED) is 0.512. The molecule has 0 aliphatic rings. The van der Waals surface area contributed by atoms with Crippen LogP contribution in [0.1, 0.15) is 30.1 Å². The normalized spacial score (nSPS) is 10.9. The van der Waals surface area contributed by atoms with E-state index in [1.165, 1.54) is 0 Å². The SMILES string of the molecule is CCCCOC(=O)c1ccc(NC(=O)CN(c2ccccc2)S(C)(=O)=O)cc1. The standard InChI is InChI=1S/C20H24N2O5S/c1-3-4-14-27-20(24)16-10-12-17(13-11-16)21-19(23)15-22(28(2,25)26)18-8-6-5-7-9-18/h5-13H,3-4,14-15H2,1-2H3,(H,21,23). The van der Waals surface area contributed by atoms with Gasteiger partial charge in [-0.2, -0.15) is 0 Å². The number of nitrogens with zero attached hydrogens (tertiary/aromatic N) is 1. The van der Waals surface area contributed by atoms with E-state index < -0.39 is 21.9 Å². The largest absolute Gasteiger partial charge is 0.462 e. The second-order valence-corrected chi connectivity index (χ2v) is 8.13. The van der Waals surface area contributed by atoms with E-state index in [0.717, 1.165) is 23.4 Å². The number of benzene rings is 2. The van der Waals surface area contributed by atoms with Crippen molar-refractivity contribution in [3.8, 4) is 0 Å². The van der Waals surface area contributed by atoms with Gasteiger partial charge in [0, 0.05) is 5.69 Å². The van der Waals surface area contributed by atoms with Gasteiger partial charge >= 0.3 is 5.97 Å². The van der Waals surface area contributed by atoms with E-state index in [9.17, 15) is 18.0 Å². The Bertz CT molecular complexity index is 896. The number of carbonyl (C=O) groups is 2. The Hall–Kier alpha value is -2.87. The maximum absolute atomic E-state index is 12.3. The molecule has 0 unspecified atom stereocenters. The van der Waals surface area contributed by atoms with E-state index in [2.05, 4.69) is 5.32 Å². The van der Waals surface area contributed by atoms with Crippen molar-refractivity contribution in [2.45, 2.75) is 19.8 Å². The first-order chi connectivity index (χ1) is 13.3. The number of carbonyl (C=O) groups excluding carboxylic acids is 2. The smallest absolute Gasteiger partial charge is 0.338 e. The lowest BCUT2D eigenvalue weighted by molar-refractivity contribution is -0.114. The lowest BCUT2D eigenvalue weighted by atomic mass is 10.2. The van der Waals surface area contributed by atoms with Gasteiger partial charge in [-0.25, -0.2) is 13.2 Å². The minimum Gasteiger partial charge on any atom is -0.462 e. The molecule has 2 aromatic rings. The Morgan fingerprint density at radius 3 is 2.25 bits per heavy atom. The summed E-state index contributed by atoms with van der Waals surface area (Å²) in [5.41, 5.74) is 1.25. The van der Waals surface area contributed by atoms with Gasteiger partial charge < -0.3 is 10.1 Å². The number of sulfonamides is 1. The Kier molecular flexibility index (Phi) is 7.57. The maximum Gasteiger partial charge on any atom is 0.338 e. The fourth-order valence-electron chi connectivity index (χ4n) is 2.41. The summed E-state index contributed by atoms with van der Waals surface area (Å²) in [7, 11) is -3.62. The maximum atomic E-state index is 12.3. The second-order valence-electron chi connectivity index (χ2n) is 6.22. The van der Waals surface area contributed by atoms with E-state index in [1.807, 2.05) is 6.92 Å². The number of rotatable bonds is 9. The van der Waals surface area contributed by atoms with Crippen LogP contribution in [0.5, 0.6) is 0 Å². The highest BCUT2D eigenvalue weighted by molar-refractivity contribution is 7.92. The highest BCUT2D eigenvalue weighted by atomic mass is 32.2. The molecule has 0 aromatic heterocycles. The summed E-state index contributed by atoms with van der Waals surface area (Å²) in [4.78, 5) is 24.2. The van der Waals surface area contributed by atoms with Crippen LogP contribution in [0.25, 0.3) is 0 Å². The molecule has 8 heteroatoms.